The predicted octanol–water partition coefficient (Wildman–Crippen LogP) is 3.01. The number of halogens is 1. The quantitative estimate of drug-likeness (QED) is 0.660. The number of amides is 1. The van der Waals surface area contributed by atoms with E-state index in [9.17, 15) is 4.79 Å². The molecule has 1 aliphatic rings. The molecule has 0 radical (unpaired) electrons. The van der Waals surface area contributed by atoms with Gasteiger partial charge in [-0.15, -0.1) is 0 Å². The first-order chi connectivity index (χ1) is 13.6. The maximum Gasteiger partial charge on any atom is 0.224 e. The molecule has 0 bridgehead atoms. The lowest BCUT2D eigenvalue weighted by molar-refractivity contribution is -0.124. The zero-order valence-electron chi connectivity index (χ0n) is 15.9. The molecule has 140 valence electrons. The molecule has 0 aliphatic heterocycles. The number of nitrogens with one attached hydrogen (secondary N) is 1. The van der Waals surface area contributed by atoms with Gasteiger partial charge in [0.15, 0.2) is 0 Å². The maximum absolute atomic E-state index is 12.9. The standard InChI is InChI=1S/C23H22BClN2O/c24-19-8-4-7-18(13-19)23(27-22(28)17-9-10-17,14-16-5-2-1-3-6-16)21-12-11-20(25)15-26-21/h1-8,11-13,15,17H,9-10,14,24H2,(H,27,28). The van der Waals surface area contributed by atoms with Gasteiger partial charge in [-0.2, -0.15) is 0 Å². The summed E-state index contributed by atoms with van der Waals surface area (Å²) in [7, 11) is 2.06. The van der Waals surface area contributed by atoms with Crippen molar-refractivity contribution in [3.63, 3.8) is 0 Å². The summed E-state index contributed by atoms with van der Waals surface area (Å²) in [6.07, 6.45) is 4.17. The van der Waals surface area contributed by atoms with Crippen LogP contribution in [0.4, 0.5) is 0 Å². The van der Waals surface area contributed by atoms with E-state index in [1.807, 2.05) is 36.4 Å². The largest absolute Gasteiger partial charge is 0.340 e. The van der Waals surface area contributed by atoms with E-state index in [0.29, 0.717) is 11.4 Å². The minimum Gasteiger partial charge on any atom is -0.340 e. The zero-order valence-corrected chi connectivity index (χ0v) is 16.6. The fraction of sp³-hybridized carbons (Fsp3) is 0.217. The summed E-state index contributed by atoms with van der Waals surface area (Å²) in [5, 5.41) is 3.95. The molecule has 3 nitrogen and oxygen atoms in total. The van der Waals surface area contributed by atoms with Gasteiger partial charge in [0, 0.05) is 18.5 Å². The first-order valence-electron chi connectivity index (χ1n) is 9.62. The lowest BCUT2D eigenvalue weighted by Gasteiger charge is -2.36. The number of hydrogen-bond donors (Lipinski definition) is 1. The van der Waals surface area contributed by atoms with Crippen LogP contribution < -0.4 is 10.8 Å². The van der Waals surface area contributed by atoms with Gasteiger partial charge in [0.1, 0.15) is 13.4 Å². The van der Waals surface area contributed by atoms with Gasteiger partial charge < -0.3 is 5.32 Å². The third-order valence-electron chi connectivity index (χ3n) is 5.27. The third-order valence-corrected chi connectivity index (χ3v) is 5.50. The van der Waals surface area contributed by atoms with Gasteiger partial charge in [-0.3, -0.25) is 9.78 Å². The van der Waals surface area contributed by atoms with Crippen molar-refractivity contribution < 1.29 is 4.79 Å². The van der Waals surface area contributed by atoms with Crippen LogP contribution in [0.15, 0.2) is 72.9 Å². The number of pyridine rings is 1. The van der Waals surface area contributed by atoms with E-state index in [0.717, 1.165) is 35.1 Å². The van der Waals surface area contributed by atoms with Crippen LogP contribution in [-0.4, -0.2) is 18.7 Å². The Morgan fingerprint density at radius 1 is 1.11 bits per heavy atom. The Kier molecular flexibility index (Phi) is 5.23. The number of aromatic nitrogens is 1. The van der Waals surface area contributed by atoms with Gasteiger partial charge in [0.05, 0.1) is 10.7 Å². The molecule has 2 aromatic carbocycles. The summed E-state index contributed by atoms with van der Waals surface area (Å²) >= 11 is 6.11. The van der Waals surface area contributed by atoms with Crippen LogP contribution in [0.25, 0.3) is 0 Å². The van der Waals surface area contributed by atoms with Gasteiger partial charge in [-0.25, -0.2) is 0 Å². The average molecular weight is 389 g/mol. The third kappa shape index (κ3) is 3.97. The molecule has 4 rings (SSSR count). The monoisotopic (exact) mass is 388 g/mol. The van der Waals surface area contributed by atoms with E-state index in [2.05, 4.69) is 48.5 Å². The average Bonchev–Trinajstić information content (AvgIpc) is 3.54. The molecule has 0 saturated heterocycles. The number of benzene rings is 2. The zero-order chi connectivity index (χ0) is 19.6. The topological polar surface area (TPSA) is 42.0 Å². The second kappa shape index (κ2) is 7.80. The summed E-state index contributed by atoms with van der Waals surface area (Å²) < 4.78 is 0. The van der Waals surface area contributed by atoms with E-state index >= 15 is 0 Å². The van der Waals surface area contributed by atoms with Gasteiger partial charge in [-0.05, 0) is 36.1 Å². The smallest absolute Gasteiger partial charge is 0.224 e. The molecule has 1 N–H and O–H groups in total. The Morgan fingerprint density at radius 3 is 2.54 bits per heavy atom. The van der Waals surface area contributed by atoms with Crippen molar-refractivity contribution in [2.75, 3.05) is 0 Å². The van der Waals surface area contributed by atoms with Crippen LogP contribution in [0.1, 0.15) is 29.7 Å². The summed E-state index contributed by atoms with van der Waals surface area (Å²) in [4.78, 5) is 17.6. The van der Waals surface area contributed by atoms with Crippen LogP contribution in [0, 0.1) is 5.92 Å². The molecule has 1 aromatic heterocycles. The maximum atomic E-state index is 12.9. The summed E-state index contributed by atoms with van der Waals surface area (Å²) in [6, 6.07) is 22.3. The van der Waals surface area contributed by atoms with Crippen molar-refractivity contribution in [3.8, 4) is 0 Å². The van der Waals surface area contributed by atoms with E-state index in [-0.39, 0.29) is 11.8 Å². The molecule has 28 heavy (non-hydrogen) atoms. The Bertz CT molecular complexity index is 973. The molecule has 1 saturated carbocycles. The lowest BCUT2D eigenvalue weighted by atomic mass is 9.78. The normalized spacial score (nSPS) is 15.6. The van der Waals surface area contributed by atoms with Gasteiger partial charge in [0.25, 0.3) is 0 Å². The second-order valence-electron chi connectivity index (χ2n) is 7.56. The molecule has 1 amide bonds. The predicted molar refractivity (Wildman–Crippen MR) is 116 cm³/mol. The number of carbonyl (C=O) groups excluding carboxylic acids is 1. The van der Waals surface area contributed by atoms with Crippen molar-refractivity contribution in [3.05, 3.63) is 94.8 Å². The van der Waals surface area contributed by atoms with Crippen molar-refractivity contribution >= 4 is 30.8 Å². The summed E-state index contributed by atoms with van der Waals surface area (Å²) in [6.45, 7) is 0. The Morgan fingerprint density at radius 2 is 1.89 bits per heavy atom. The van der Waals surface area contributed by atoms with Crippen molar-refractivity contribution in [1.29, 1.82) is 0 Å². The van der Waals surface area contributed by atoms with Crippen LogP contribution in [0.2, 0.25) is 5.02 Å². The van der Waals surface area contributed by atoms with E-state index < -0.39 is 5.54 Å². The molecule has 5 heteroatoms. The Hall–Kier alpha value is -2.59. The van der Waals surface area contributed by atoms with Crippen molar-refractivity contribution in [1.82, 2.24) is 10.3 Å². The van der Waals surface area contributed by atoms with E-state index in [1.165, 1.54) is 0 Å². The van der Waals surface area contributed by atoms with Gasteiger partial charge in [-0.1, -0.05) is 71.7 Å². The summed E-state index contributed by atoms with van der Waals surface area (Å²) in [5.41, 5.74) is 3.35. The number of rotatable bonds is 6. The van der Waals surface area contributed by atoms with Crippen molar-refractivity contribution in [2.24, 2.45) is 5.92 Å². The van der Waals surface area contributed by atoms with E-state index in [1.54, 1.807) is 6.20 Å². The molecular weight excluding hydrogens is 367 g/mol. The van der Waals surface area contributed by atoms with Crippen LogP contribution >= 0.6 is 11.6 Å². The number of carbonyl (C=O) groups is 1. The summed E-state index contributed by atoms with van der Waals surface area (Å²) in [5.74, 6) is 0.196. The van der Waals surface area contributed by atoms with Gasteiger partial charge in [0.2, 0.25) is 5.91 Å². The van der Waals surface area contributed by atoms with Crippen molar-refractivity contribution in [2.45, 2.75) is 24.8 Å². The van der Waals surface area contributed by atoms with Gasteiger partial charge >= 0.3 is 0 Å². The molecule has 3 aromatic rings. The second-order valence-corrected chi connectivity index (χ2v) is 8.00. The highest BCUT2D eigenvalue weighted by atomic mass is 35.5. The first kappa shape index (κ1) is 18.8. The molecule has 1 aliphatic carbocycles. The minimum atomic E-state index is -0.752. The fourth-order valence-corrected chi connectivity index (χ4v) is 3.73. The van der Waals surface area contributed by atoms with Crippen LogP contribution in [0.3, 0.4) is 0 Å². The van der Waals surface area contributed by atoms with Crippen LogP contribution in [0.5, 0.6) is 0 Å². The molecule has 0 spiro atoms. The van der Waals surface area contributed by atoms with Crippen LogP contribution in [-0.2, 0) is 16.8 Å². The molecule has 1 atom stereocenters. The highest BCUT2D eigenvalue weighted by Gasteiger charge is 2.41. The minimum absolute atomic E-state index is 0.0918. The fourth-order valence-electron chi connectivity index (χ4n) is 3.62. The molecular formula is C23H22BClN2O. The molecule has 1 heterocycles. The number of hydrogen-bond acceptors (Lipinski definition) is 2. The first-order valence-corrected chi connectivity index (χ1v) is 10.00. The highest BCUT2D eigenvalue weighted by molar-refractivity contribution is 6.32. The Balaban J connectivity index is 1.88. The molecule has 1 fully saturated rings. The molecule has 1 unspecified atom stereocenters. The number of nitrogens with zero attached hydrogens (tertiary/aromatic N) is 1. The SMILES string of the molecule is Bc1cccc(C(Cc2ccccc2)(NC(=O)C2CC2)c2ccc(Cl)cn2)c1. The lowest BCUT2D eigenvalue weighted by Crippen LogP contribution is -2.50. The Labute approximate surface area is 171 Å². The highest BCUT2D eigenvalue weighted by Crippen LogP contribution is 2.36. The van der Waals surface area contributed by atoms with E-state index in [4.69, 9.17) is 11.6 Å².